The number of amides is 3. The van der Waals surface area contributed by atoms with Crippen LogP contribution in [0.25, 0.3) is 11.1 Å². The van der Waals surface area contributed by atoms with Crippen LogP contribution < -0.4 is 16.4 Å². The van der Waals surface area contributed by atoms with Gasteiger partial charge in [0.1, 0.15) is 5.82 Å². The zero-order valence-corrected chi connectivity index (χ0v) is 18.1. The maximum Gasteiger partial charge on any atom is 0.251 e. The number of rotatable bonds is 7. The van der Waals surface area contributed by atoms with Gasteiger partial charge >= 0.3 is 0 Å². The number of nitrogens with one attached hydrogen (secondary N) is 2. The molecule has 0 aliphatic rings. The SMILES string of the molecule is Cc1c(F)cc(C(=O)NCCO)cc1-c1ccc(C(=O)NCC(C)(C)C)cc1C(N)=O. The first-order valence-electron chi connectivity index (χ1n) is 9.86. The van der Waals surface area contributed by atoms with E-state index in [-0.39, 0.29) is 46.7 Å². The van der Waals surface area contributed by atoms with Crippen molar-refractivity contribution in [1.82, 2.24) is 10.6 Å². The summed E-state index contributed by atoms with van der Waals surface area (Å²) < 4.78 is 14.6. The maximum atomic E-state index is 14.6. The van der Waals surface area contributed by atoms with Gasteiger partial charge in [0.25, 0.3) is 11.8 Å². The van der Waals surface area contributed by atoms with Crippen molar-refractivity contribution < 1.29 is 23.9 Å². The van der Waals surface area contributed by atoms with E-state index in [0.29, 0.717) is 17.7 Å². The highest BCUT2D eigenvalue weighted by Crippen LogP contribution is 2.30. The molecular weight excluding hydrogens is 401 g/mol. The molecule has 0 heterocycles. The Hall–Kier alpha value is -3.26. The molecule has 3 amide bonds. The van der Waals surface area contributed by atoms with Crippen LogP contribution in [0.3, 0.4) is 0 Å². The third-order valence-corrected chi connectivity index (χ3v) is 4.62. The second kappa shape index (κ2) is 9.70. The molecule has 0 saturated heterocycles. The van der Waals surface area contributed by atoms with Gasteiger partial charge in [-0.05, 0) is 53.3 Å². The largest absolute Gasteiger partial charge is 0.395 e. The van der Waals surface area contributed by atoms with Crippen molar-refractivity contribution >= 4 is 17.7 Å². The van der Waals surface area contributed by atoms with E-state index in [9.17, 15) is 18.8 Å². The van der Waals surface area contributed by atoms with Gasteiger partial charge in [-0.2, -0.15) is 0 Å². The molecule has 166 valence electrons. The molecule has 8 heteroatoms. The number of halogens is 1. The van der Waals surface area contributed by atoms with Crippen LogP contribution in [0.4, 0.5) is 4.39 Å². The summed E-state index contributed by atoms with van der Waals surface area (Å²) in [6.45, 7) is 7.67. The predicted octanol–water partition coefficient (Wildman–Crippen LogP) is 2.40. The lowest BCUT2D eigenvalue weighted by molar-refractivity contribution is 0.0934. The summed E-state index contributed by atoms with van der Waals surface area (Å²) in [7, 11) is 0. The van der Waals surface area contributed by atoms with E-state index in [4.69, 9.17) is 10.8 Å². The lowest BCUT2D eigenvalue weighted by Crippen LogP contribution is -2.32. The Labute approximate surface area is 180 Å². The molecule has 2 aromatic rings. The summed E-state index contributed by atoms with van der Waals surface area (Å²) >= 11 is 0. The minimum atomic E-state index is -0.782. The van der Waals surface area contributed by atoms with E-state index in [0.717, 1.165) is 6.07 Å². The Morgan fingerprint density at radius 1 is 1.00 bits per heavy atom. The summed E-state index contributed by atoms with van der Waals surface area (Å²) in [5.41, 5.74) is 6.60. The molecule has 7 nitrogen and oxygen atoms in total. The Bertz CT molecular complexity index is 1010. The first-order valence-corrected chi connectivity index (χ1v) is 9.86. The van der Waals surface area contributed by atoms with Crippen molar-refractivity contribution in [3.63, 3.8) is 0 Å². The van der Waals surface area contributed by atoms with E-state index < -0.39 is 17.6 Å². The third-order valence-electron chi connectivity index (χ3n) is 4.62. The molecule has 0 aliphatic heterocycles. The van der Waals surface area contributed by atoms with Crippen LogP contribution in [0.2, 0.25) is 0 Å². The van der Waals surface area contributed by atoms with E-state index in [1.54, 1.807) is 0 Å². The summed E-state index contributed by atoms with van der Waals surface area (Å²) in [5, 5.41) is 14.1. The van der Waals surface area contributed by atoms with Gasteiger partial charge in [-0.1, -0.05) is 26.8 Å². The number of primary amides is 1. The second-order valence-electron chi connectivity index (χ2n) is 8.48. The Kier molecular flexibility index (Phi) is 7.51. The van der Waals surface area contributed by atoms with Gasteiger partial charge < -0.3 is 21.5 Å². The van der Waals surface area contributed by atoms with Crippen molar-refractivity contribution in [2.24, 2.45) is 11.1 Å². The summed E-state index contributed by atoms with van der Waals surface area (Å²) in [6.07, 6.45) is 0. The molecule has 0 spiro atoms. The molecule has 0 bridgehead atoms. The topological polar surface area (TPSA) is 122 Å². The molecule has 0 saturated carbocycles. The minimum Gasteiger partial charge on any atom is -0.395 e. The number of nitrogens with two attached hydrogens (primary N) is 1. The molecule has 31 heavy (non-hydrogen) atoms. The number of aliphatic hydroxyl groups excluding tert-OH is 1. The average Bonchev–Trinajstić information content (AvgIpc) is 2.71. The molecule has 0 aliphatic carbocycles. The lowest BCUT2D eigenvalue weighted by Gasteiger charge is -2.19. The van der Waals surface area contributed by atoms with Crippen molar-refractivity contribution in [1.29, 1.82) is 0 Å². The van der Waals surface area contributed by atoms with Crippen LogP contribution in [0.15, 0.2) is 30.3 Å². The molecule has 0 aromatic heterocycles. The number of aliphatic hydroxyl groups is 1. The number of hydrogen-bond acceptors (Lipinski definition) is 4. The van der Waals surface area contributed by atoms with Crippen LogP contribution >= 0.6 is 0 Å². The molecule has 0 fully saturated rings. The van der Waals surface area contributed by atoms with Crippen LogP contribution in [-0.4, -0.2) is 42.5 Å². The van der Waals surface area contributed by atoms with Crippen LogP contribution in [0.1, 0.15) is 57.4 Å². The minimum absolute atomic E-state index is 0.0224. The number of carbonyl (C=O) groups is 3. The van der Waals surface area contributed by atoms with Gasteiger partial charge in [0.05, 0.1) is 6.61 Å². The molecule has 2 rings (SSSR count). The zero-order valence-electron chi connectivity index (χ0n) is 18.1. The fraction of sp³-hybridized carbons (Fsp3) is 0.348. The average molecular weight is 429 g/mol. The van der Waals surface area contributed by atoms with Crippen LogP contribution in [-0.2, 0) is 0 Å². The van der Waals surface area contributed by atoms with Crippen LogP contribution in [0.5, 0.6) is 0 Å². The van der Waals surface area contributed by atoms with Crippen molar-refractivity contribution in [2.75, 3.05) is 19.7 Å². The highest BCUT2D eigenvalue weighted by molar-refractivity contribution is 6.04. The third kappa shape index (κ3) is 6.11. The fourth-order valence-electron chi connectivity index (χ4n) is 2.93. The molecule has 0 atom stereocenters. The van der Waals surface area contributed by atoms with Gasteiger partial charge in [-0.25, -0.2) is 4.39 Å². The quantitative estimate of drug-likeness (QED) is 0.540. The number of hydrogen-bond donors (Lipinski definition) is 4. The first kappa shape index (κ1) is 24.0. The molecule has 2 aromatic carbocycles. The van der Waals surface area contributed by atoms with Crippen LogP contribution in [0, 0.1) is 18.2 Å². The predicted molar refractivity (Wildman–Crippen MR) is 116 cm³/mol. The van der Waals surface area contributed by atoms with Gasteiger partial charge in [0.2, 0.25) is 5.91 Å². The van der Waals surface area contributed by atoms with Crippen molar-refractivity contribution in [2.45, 2.75) is 27.7 Å². The molecule has 5 N–H and O–H groups in total. The monoisotopic (exact) mass is 429 g/mol. The summed E-state index contributed by atoms with van der Waals surface area (Å²) in [4.78, 5) is 36.8. The normalized spacial score (nSPS) is 11.2. The molecule has 0 unspecified atom stereocenters. The smallest absolute Gasteiger partial charge is 0.251 e. The first-order chi connectivity index (χ1) is 14.4. The molecule has 0 radical (unpaired) electrons. The van der Waals surface area contributed by atoms with Crippen molar-refractivity contribution in [3.8, 4) is 11.1 Å². The zero-order chi connectivity index (χ0) is 23.3. The van der Waals surface area contributed by atoms with Gasteiger partial charge in [-0.15, -0.1) is 0 Å². The Balaban J connectivity index is 2.50. The van der Waals surface area contributed by atoms with E-state index in [1.807, 2.05) is 20.8 Å². The maximum absolute atomic E-state index is 14.6. The second-order valence-corrected chi connectivity index (χ2v) is 8.48. The Morgan fingerprint density at radius 3 is 2.23 bits per heavy atom. The summed E-state index contributed by atoms with van der Waals surface area (Å²) in [6, 6.07) is 6.94. The van der Waals surface area contributed by atoms with E-state index in [1.165, 1.54) is 31.2 Å². The van der Waals surface area contributed by atoms with Gasteiger partial charge in [0, 0.05) is 29.8 Å². The molecular formula is C23H28FN3O4. The van der Waals surface area contributed by atoms with Crippen molar-refractivity contribution in [3.05, 3.63) is 58.4 Å². The van der Waals surface area contributed by atoms with E-state index in [2.05, 4.69) is 10.6 Å². The highest BCUT2D eigenvalue weighted by Gasteiger charge is 2.20. The lowest BCUT2D eigenvalue weighted by atomic mass is 9.92. The number of benzene rings is 2. The fourth-order valence-corrected chi connectivity index (χ4v) is 2.93. The summed E-state index contributed by atoms with van der Waals surface area (Å²) in [5.74, 6) is -2.33. The Morgan fingerprint density at radius 2 is 1.65 bits per heavy atom. The standard InChI is InChI=1S/C23H28FN3O4/c1-13-17(10-15(11-19(13)24)22(31)26-7-8-28)16-6-5-14(9-18(16)20(25)29)21(30)27-12-23(2,3)4/h5-6,9-11,28H,7-8,12H2,1-4H3,(H2,25,29)(H,26,31)(H,27,30). The highest BCUT2D eigenvalue weighted by atomic mass is 19.1. The van der Waals surface area contributed by atoms with Gasteiger partial charge in [0.15, 0.2) is 0 Å². The number of carbonyl (C=O) groups excluding carboxylic acids is 3. The van der Waals surface area contributed by atoms with Gasteiger partial charge in [-0.3, -0.25) is 14.4 Å². The van der Waals surface area contributed by atoms with E-state index >= 15 is 0 Å².